The number of carbonyl (C=O) groups is 2. The van der Waals surface area contributed by atoms with Gasteiger partial charge in [-0.3, -0.25) is 9.59 Å². The van der Waals surface area contributed by atoms with Gasteiger partial charge >= 0.3 is 5.97 Å². The molecule has 0 fully saturated rings. The van der Waals surface area contributed by atoms with Crippen LogP contribution in [0.4, 0.5) is 5.69 Å². The Morgan fingerprint density at radius 1 is 1.32 bits per heavy atom. The summed E-state index contributed by atoms with van der Waals surface area (Å²) in [6.07, 6.45) is 1.13. The number of benzene rings is 1. The van der Waals surface area contributed by atoms with Crippen molar-refractivity contribution >= 4 is 17.6 Å². The van der Waals surface area contributed by atoms with Gasteiger partial charge in [-0.2, -0.15) is 0 Å². The maximum Gasteiger partial charge on any atom is 0.310 e. The van der Waals surface area contributed by atoms with Crippen LogP contribution in [0, 0.1) is 0 Å². The van der Waals surface area contributed by atoms with E-state index in [1.54, 1.807) is 32.3 Å². The Kier molecular flexibility index (Phi) is 5.85. The van der Waals surface area contributed by atoms with E-state index in [0.717, 1.165) is 5.56 Å². The van der Waals surface area contributed by atoms with Crippen LogP contribution in [0.3, 0.4) is 0 Å². The first kappa shape index (κ1) is 15.0. The Morgan fingerprint density at radius 2 is 2.05 bits per heavy atom. The van der Waals surface area contributed by atoms with Gasteiger partial charge in [-0.1, -0.05) is 12.1 Å². The van der Waals surface area contributed by atoms with Crippen molar-refractivity contribution in [2.24, 2.45) is 0 Å². The van der Waals surface area contributed by atoms with Crippen LogP contribution in [0.2, 0.25) is 0 Å². The second-order valence-corrected chi connectivity index (χ2v) is 4.53. The fourth-order valence-electron chi connectivity index (χ4n) is 1.55. The van der Waals surface area contributed by atoms with Gasteiger partial charge in [0.1, 0.15) is 0 Å². The first-order valence-corrected chi connectivity index (χ1v) is 6.19. The molecule has 0 saturated heterocycles. The van der Waals surface area contributed by atoms with Crippen LogP contribution in [-0.2, 0) is 20.7 Å². The maximum absolute atomic E-state index is 11.5. The SMILES string of the molecule is CN(C)C(=O)CCCOC(=O)Cc1cccc(N)c1. The normalized spacial score (nSPS) is 10.0. The minimum atomic E-state index is -0.303. The minimum absolute atomic E-state index is 0.0341. The highest BCUT2D eigenvalue weighted by Gasteiger charge is 2.07. The van der Waals surface area contributed by atoms with E-state index in [0.29, 0.717) is 18.5 Å². The lowest BCUT2D eigenvalue weighted by Gasteiger charge is -2.10. The van der Waals surface area contributed by atoms with Crippen molar-refractivity contribution in [3.8, 4) is 0 Å². The molecule has 1 aromatic rings. The van der Waals surface area contributed by atoms with Crippen LogP contribution in [0.15, 0.2) is 24.3 Å². The highest BCUT2D eigenvalue weighted by atomic mass is 16.5. The summed E-state index contributed by atoms with van der Waals surface area (Å²) in [5, 5.41) is 0. The average molecular weight is 264 g/mol. The van der Waals surface area contributed by atoms with Gasteiger partial charge in [-0.15, -0.1) is 0 Å². The molecule has 0 unspecified atom stereocenters. The molecule has 19 heavy (non-hydrogen) atoms. The molecular formula is C14H20N2O3. The number of amides is 1. The van der Waals surface area contributed by atoms with Gasteiger partial charge in [0.05, 0.1) is 13.0 Å². The summed E-state index contributed by atoms with van der Waals surface area (Å²) in [5.41, 5.74) is 7.08. The summed E-state index contributed by atoms with van der Waals surface area (Å²) < 4.78 is 5.07. The Labute approximate surface area is 113 Å². The van der Waals surface area contributed by atoms with Crippen molar-refractivity contribution in [1.29, 1.82) is 0 Å². The molecule has 0 saturated carbocycles. The molecule has 1 aromatic carbocycles. The molecule has 0 aliphatic carbocycles. The second kappa shape index (κ2) is 7.41. The van der Waals surface area contributed by atoms with E-state index in [2.05, 4.69) is 0 Å². The molecule has 2 N–H and O–H groups in total. The molecule has 0 spiro atoms. The Hall–Kier alpha value is -2.04. The van der Waals surface area contributed by atoms with Crippen LogP contribution in [0.25, 0.3) is 0 Å². The molecule has 1 amide bonds. The number of hydrogen-bond acceptors (Lipinski definition) is 4. The quantitative estimate of drug-likeness (QED) is 0.476. The number of carbonyl (C=O) groups excluding carboxylic acids is 2. The lowest BCUT2D eigenvalue weighted by molar-refractivity contribution is -0.143. The highest BCUT2D eigenvalue weighted by Crippen LogP contribution is 2.08. The number of nitrogens with zero attached hydrogens (tertiary/aromatic N) is 1. The van der Waals surface area contributed by atoms with Gasteiger partial charge in [-0.25, -0.2) is 0 Å². The smallest absolute Gasteiger partial charge is 0.310 e. The lowest BCUT2D eigenvalue weighted by atomic mass is 10.1. The number of rotatable bonds is 6. The Morgan fingerprint density at radius 3 is 2.68 bits per heavy atom. The fraction of sp³-hybridized carbons (Fsp3) is 0.429. The first-order chi connectivity index (χ1) is 8.99. The number of hydrogen-bond donors (Lipinski definition) is 1. The number of esters is 1. The van der Waals surface area contributed by atoms with E-state index < -0.39 is 0 Å². The summed E-state index contributed by atoms with van der Waals surface area (Å²) in [6, 6.07) is 7.14. The Bertz CT molecular complexity index is 444. The third-order valence-corrected chi connectivity index (χ3v) is 2.60. The van der Waals surface area contributed by atoms with E-state index in [-0.39, 0.29) is 24.9 Å². The zero-order chi connectivity index (χ0) is 14.3. The second-order valence-electron chi connectivity index (χ2n) is 4.53. The van der Waals surface area contributed by atoms with Gasteiger partial charge in [0, 0.05) is 26.2 Å². The average Bonchev–Trinajstić information content (AvgIpc) is 2.34. The molecule has 1 rings (SSSR count). The van der Waals surface area contributed by atoms with Gasteiger partial charge in [0.2, 0.25) is 5.91 Å². The van der Waals surface area contributed by atoms with Crippen molar-refractivity contribution in [3.05, 3.63) is 29.8 Å². The molecule has 0 radical (unpaired) electrons. The number of nitrogen functional groups attached to an aromatic ring is 1. The van der Waals surface area contributed by atoms with Gasteiger partial charge in [0.15, 0.2) is 0 Å². The molecule has 5 nitrogen and oxygen atoms in total. The summed E-state index contributed by atoms with van der Waals surface area (Å²) >= 11 is 0. The van der Waals surface area contributed by atoms with Crippen molar-refractivity contribution in [1.82, 2.24) is 4.90 Å². The van der Waals surface area contributed by atoms with Crippen LogP contribution >= 0.6 is 0 Å². The maximum atomic E-state index is 11.5. The molecule has 0 aromatic heterocycles. The largest absolute Gasteiger partial charge is 0.465 e. The van der Waals surface area contributed by atoms with E-state index in [9.17, 15) is 9.59 Å². The molecule has 0 aliphatic heterocycles. The van der Waals surface area contributed by atoms with Crippen molar-refractivity contribution < 1.29 is 14.3 Å². The fourth-order valence-corrected chi connectivity index (χ4v) is 1.55. The first-order valence-electron chi connectivity index (χ1n) is 6.19. The zero-order valence-electron chi connectivity index (χ0n) is 11.4. The Balaban J connectivity index is 2.23. The van der Waals surface area contributed by atoms with Crippen molar-refractivity contribution in [3.63, 3.8) is 0 Å². The van der Waals surface area contributed by atoms with E-state index in [1.165, 1.54) is 4.90 Å². The molecular weight excluding hydrogens is 244 g/mol. The van der Waals surface area contributed by atoms with Gasteiger partial charge in [-0.05, 0) is 24.1 Å². The number of anilines is 1. The van der Waals surface area contributed by atoms with Crippen LogP contribution < -0.4 is 5.73 Å². The molecule has 0 heterocycles. The number of nitrogens with two attached hydrogens (primary N) is 1. The molecule has 5 heteroatoms. The summed E-state index contributed by atoms with van der Waals surface area (Å²) in [7, 11) is 3.41. The topological polar surface area (TPSA) is 72.6 Å². The van der Waals surface area contributed by atoms with Gasteiger partial charge in [0.25, 0.3) is 0 Å². The highest BCUT2D eigenvalue weighted by molar-refractivity contribution is 5.75. The number of ether oxygens (including phenoxy) is 1. The summed E-state index contributed by atoms with van der Waals surface area (Å²) in [5.74, 6) is -0.269. The van der Waals surface area contributed by atoms with Crippen molar-refractivity contribution in [2.45, 2.75) is 19.3 Å². The summed E-state index contributed by atoms with van der Waals surface area (Å²) in [6.45, 7) is 0.265. The zero-order valence-corrected chi connectivity index (χ0v) is 11.4. The van der Waals surface area contributed by atoms with Crippen LogP contribution in [0.1, 0.15) is 18.4 Å². The summed E-state index contributed by atoms with van der Waals surface area (Å²) in [4.78, 5) is 24.4. The lowest BCUT2D eigenvalue weighted by Crippen LogP contribution is -2.21. The van der Waals surface area contributed by atoms with E-state index >= 15 is 0 Å². The van der Waals surface area contributed by atoms with Gasteiger partial charge < -0.3 is 15.4 Å². The van der Waals surface area contributed by atoms with E-state index in [1.807, 2.05) is 6.07 Å². The van der Waals surface area contributed by atoms with Crippen LogP contribution in [0.5, 0.6) is 0 Å². The third kappa shape index (κ3) is 5.90. The predicted octanol–water partition coefficient (Wildman–Crippen LogP) is 1.22. The third-order valence-electron chi connectivity index (χ3n) is 2.60. The van der Waals surface area contributed by atoms with Crippen molar-refractivity contribution in [2.75, 3.05) is 26.4 Å². The standard InChI is InChI=1S/C14H20N2O3/c1-16(2)13(17)7-4-8-19-14(18)10-11-5-3-6-12(15)9-11/h3,5-6,9H,4,7-8,10,15H2,1-2H3. The molecule has 0 aliphatic rings. The molecule has 104 valence electrons. The minimum Gasteiger partial charge on any atom is -0.465 e. The van der Waals surface area contributed by atoms with E-state index in [4.69, 9.17) is 10.5 Å². The van der Waals surface area contributed by atoms with Crippen LogP contribution in [-0.4, -0.2) is 37.5 Å². The molecule has 0 atom stereocenters. The predicted molar refractivity (Wildman–Crippen MR) is 73.4 cm³/mol. The monoisotopic (exact) mass is 264 g/mol. The molecule has 0 bridgehead atoms.